The lowest BCUT2D eigenvalue weighted by Gasteiger charge is -2.31. The van der Waals surface area contributed by atoms with E-state index in [0.717, 1.165) is 41.7 Å². The Bertz CT molecular complexity index is 716. The van der Waals surface area contributed by atoms with Crippen molar-refractivity contribution in [1.82, 2.24) is 0 Å². The number of esters is 1. The summed E-state index contributed by atoms with van der Waals surface area (Å²) in [4.78, 5) is 12.3. The summed E-state index contributed by atoms with van der Waals surface area (Å²) in [5.74, 6) is 0.356. The largest absolute Gasteiger partial charge is 0.454 e. The first-order valence-electron chi connectivity index (χ1n) is 9.47. The molecule has 0 radical (unpaired) electrons. The van der Waals surface area contributed by atoms with Gasteiger partial charge in [0.2, 0.25) is 5.76 Å². The van der Waals surface area contributed by atoms with E-state index in [9.17, 15) is 4.79 Å². The number of benzene rings is 1. The molecule has 0 spiro atoms. The first-order valence-corrected chi connectivity index (χ1v) is 9.47. The van der Waals surface area contributed by atoms with Gasteiger partial charge in [-0.05, 0) is 43.5 Å². The van der Waals surface area contributed by atoms with E-state index in [4.69, 9.17) is 13.9 Å². The van der Waals surface area contributed by atoms with Crippen LogP contribution in [-0.4, -0.2) is 50.3 Å². The van der Waals surface area contributed by atoms with Crippen molar-refractivity contribution in [3.8, 4) is 0 Å². The van der Waals surface area contributed by atoms with Gasteiger partial charge in [-0.25, -0.2) is 4.79 Å². The maximum Gasteiger partial charge on any atom is 0.374 e. The average molecular weight is 362 g/mol. The fraction of sp³-hybridized carbons (Fsp3) is 0.571. The Morgan fingerprint density at radius 1 is 1.19 bits per heavy atom. The zero-order valence-electron chi connectivity index (χ0n) is 16.7. The number of rotatable bonds is 10. The number of fused-ring (bicyclic) bond motifs is 1. The van der Waals surface area contributed by atoms with Crippen molar-refractivity contribution in [2.45, 2.75) is 34.3 Å². The van der Waals surface area contributed by atoms with Crippen molar-refractivity contribution in [2.75, 3.05) is 39.9 Å². The van der Waals surface area contributed by atoms with Crippen molar-refractivity contribution in [3.63, 3.8) is 0 Å². The van der Waals surface area contributed by atoms with Crippen molar-refractivity contribution in [1.29, 1.82) is 0 Å². The number of hydrogen-bond donors (Lipinski definition) is 0. The number of carbonyl (C=O) groups is 1. The molecule has 2 rings (SSSR count). The molecular weight excluding hydrogens is 330 g/mol. The van der Waals surface area contributed by atoms with Gasteiger partial charge < -0.3 is 18.4 Å². The fourth-order valence-electron chi connectivity index (χ4n) is 2.67. The second-order valence-electron chi connectivity index (χ2n) is 7.50. The molecule has 5 heteroatoms. The topological polar surface area (TPSA) is 48.7 Å². The maximum absolute atomic E-state index is 12.3. The molecule has 1 aromatic heterocycles. The normalized spacial score (nSPS) is 12.1. The molecule has 1 heterocycles. The summed E-state index contributed by atoms with van der Waals surface area (Å²) in [5, 5.41) is 0.894. The Balaban J connectivity index is 1.96. The summed E-state index contributed by atoms with van der Waals surface area (Å²) < 4.78 is 17.6. The number of hydrogen-bond acceptors (Lipinski definition) is 4. The van der Waals surface area contributed by atoms with Crippen LogP contribution in [0.2, 0.25) is 0 Å². The molecule has 1 aromatic carbocycles. The third-order valence-electron chi connectivity index (χ3n) is 4.89. The molecule has 2 aromatic rings. The predicted octanol–water partition coefficient (Wildman–Crippen LogP) is 4.25. The third-order valence-corrected chi connectivity index (χ3v) is 4.89. The van der Waals surface area contributed by atoms with Gasteiger partial charge in [-0.15, -0.1) is 0 Å². The van der Waals surface area contributed by atoms with Gasteiger partial charge in [-0.3, -0.25) is 0 Å². The molecule has 0 aliphatic heterocycles. The molecule has 144 valence electrons. The van der Waals surface area contributed by atoms with Gasteiger partial charge in [0.05, 0.1) is 26.7 Å². The quantitative estimate of drug-likeness (QED) is 0.468. The SMILES string of the molecule is CC[N+](C)(CC)CCOC(=O)c1cc2cc(COCC(C)C)ccc2o1. The smallest absolute Gasteiger partial charge is 0.374 e. The lowest BCUT2D eigenvalue weighted by Crippen LogP contribution is -2.46. The van der Waals surface area contributed by atoms with Gasteiger partial charge in [-0.1, -0.05) is 19.9 Å². The Hall–Kier alpha value is -1.85. The predicted molar refractivity (Wildman–Crippen MR) is 103 cm³/mol. The number of furan rings is 1. The summed E-state index contributed by atoms with van der Waals surface area (Å²) in [6.45, 7) is 13.1. The van der Waals surface area contributed by atoms with Crippen LogP contribution in [0.1, 0.15) is 43.8 Å². The number of likely N-dealkylation sites (N-methyl/N-ethyl adjacent to an activating group) is 1. The van der Waals surface area contributed by atoms with Crippen LogP contribution < -0.4 is 0 Å². The van der Waals surface area contributed by atoms with Gasteiger partial charge in [0.1, 0.15) is 18.7 Å². The standard InChI is InChI=1S/C21H32NO4/c1-6-22(5,7-2)10-11-25-21(23)20-13-18-12-17(8-9-19(18)26-20)15-24-14-16(3)4/h8-9,12-13,16H,6-7,10-11,14-15H2,1-5H3/q+1. The van der Waals surface area contributed by atoms with Crippen molar-refractivity contribution in [3.05, 3.63) is 35.6 Å². The fourth-order valence-corrected chi connectivity index (χ4v) is 2.67. The first kappa shape index (κ1) is 20.5. The van der Waals surface area contributed by atoms with Crippen molar-refractivity contribution < 1.29 is 23.2 Å². The molecule has 26 heavy (non-hydrogen) atoms. The summed E-state index contributed by atoms with van der Waals surface area (Å²) in [5.41, 5.74) is 1.75. The molecule has 0 aliphatic rings. The monoisotopic (exact) mass is 362 g/mol. The molecule has 0 saturated carbocycles. The summed E-state index contributed by atoms with van der Waals surface area (Å²) in [6, 6.07) is 7.59. The molecular formula is C21H32NO4+. The van der Waals surface area contributed by atoms with Crippen LogP contribution in [0.3, 0.4) is 0 Å². The van der Waals surface area contributed by atoms with E-state index >= 15 is 0 Å². The van der Waals surface area contributed by atoms with Crippen LogP contribution >= 0.6 is 0 Å². The second-order valence-corrected chi connectivity index (χ2v) is 7.50. The molecule has 0 bridgehead atoms. The lowest BCUT2D eigenvalue weighted by molar-refractivity contribution is -0.906. The maximum atomic E-state index is 12.3. The average Bonchev–Trinajstić information content (AvgIpc) is 3.04. The van der Waals surface area contributed by atoms with E-state index in [1.165, 1.54) is 0 Å². The molecule has 0 N–H and O–H groups in total. The summed E-state index contributed by atoms with van der Waals surface area (Å²) in [6.07, 6.45) is 0. The van der Waals surface area contributed by atoms with E-state index in [1.807, 2.05) is 18.2 Å². The Kier molecular flexibility index (Phi) is 7.23. The van der Waals surface area contributed by atoms with Crippen LogP contribution in [0.4, 0.5) is 0 Å². The van der Waals surface area contributed by atoms with Gasteiger partial charge in [0, 0.05) is 12.0 Å². The minimum Gasteiger partial charge on any atom is -0.454 e. The molecule has 0 atom stereocenters. The number of carbonyl (C=O) groups excluding carboxylic acids is 1. The summed E-state index contributed by atoms with van der Waals surface area (Å²) >= 11 is 0. The number of nitrogens with zero attached hydrogens (tertiary/aromatic N) is 1. The zero-order chi connectivity index (χ0) is 19.2. The lowest BCUT2D eigenvalue weighted by atomic mass is 10.1. The summed E-state index contributed by atoms with van der Waals surface area (Å²) in [7, 11) is 2.16. The van der Waals surface area contributed by atoms with E-state index in [0.29, 0.717) is 24.7 Å². The molecule has 0 unspecified atom stereocenters. The third kappa shape index (κ3) is 5.58. The Morgan fingerprint density at radius 2 is 1.92 bits per heavy atom. The van der Waals surface area contributed by atoms with Crippen LogP contribution in [-0.2, 0) is 16.1 Å². The Morgan fingerprint density at radius 3 is 2.58 bits per heavy atom. The number of quaternary nitrogens is 1. The Labute approximate surface area is 156 Å². The molecule has 0 amide bonds. The second kappa shape index (κ2) is 9.19. The number of ether oxygens (including phenoxy) is 2. The first-order chi connectivity index (χ1) is 12.4. The van der Waals surface area contributed by atoms with Gasteiger partial charge in [-0.2, -0.15) is 0 Å². The minimum atomic E-state index is -0.405. The van der Waals surface area contributed by atoms with Gasteiger partial charge in [0.15, 0.2) is 0 Å². The highest BCUT2D eigenvalue weighted by molar-refractivity contribution is 5.92. The highest BCUT2D eigenvalue weighted by Gasteiger charge is 2.19. The van der Waals surface area contributed by atoms with Crippen LogP contribution in [0.25, 0.3) is 11.0 Å². The molecule has 0 aliphatic carbocycles. The van der Waals surface area contributed by atoms with E-state index in [1.54, 1.807) is 6.07 Å². The minimum absolute atomic E-state index is 0.252. The van der Waals surface area contributed by atoms with Crippen LogP contribution in [0, 0.1) is 5.92 Å². The zero-order valence-corrected chi connectivity index (χ0v) is 16.7. The van der Waals surface area contributed by atoms with Crippen molar-refractivity contribution >= 4 is 16.9 Å². The van der Waals surface area contributed by atoms with Crippen molar-refractivity contribution in [2.24, 2.45) is 5.92 Å². The highest BCUT2D eigenvalue weighted by atomic mass is 16.5. The van der Waals surface area contributed by atoms with Gasteiger partial charge in [0.25, 0.3) is 0 Å². The molecule has 0 fully saturated rings. The van der Waals surface area contributed by atoms with Crippen LogP contribution in [0.5, 0.6) is 0 Å². The molecule has 0 saturated heterocycles. The van der Waals surface area contributed by atoms with Crippen LogP contribution in [0.15, 0.2) is 28.7 Å². The van der Waals surface area contributed by atoms with Gasteiger partial charge >= 0.3 is 5.97 Å². The molecule has 5 nitrogen and oxygen atoms in total. The van der Waals surface area contributed by atoms with E-state index in [2.05, 4.69) is 34.7 Å². The van der Waals surface area contributed by atoms with E-state index in [-0.39, 0.29) is 5.76 Å². The van der Waals surface area contributed by atoms with E-state index < -0.39 is 5.97 Å². The highest BCUT2D eigenvalue weighted by Crippen LogP contribution is 2.22.